The van der Waals surface area contributed by atoms with Gasteiger partial charge >= 0.3 is 0 Å². The van der Waals surface area contributed by atoms with E-state index in [4.69, 9.17) is 9.05 Å². The SMILES string of the molecule is CCCCCCCCCCCCCCC/C=C/CC/C=C/CC/C=C/C(O)C(COP(=O)([O-])OCC[N+](C)(C)C)NC(=O)CCCCCCCCCCCCCCCCCCCCCCCCCCCCCCCCCC. The highest BCUT2D eigenvalue weighted by Crippen LogP contribution is 2.38. The molecule has 1 amide bonds. The summed E-state index contributed by atoms with van der Waals surface area (Å²) in [6.07, 6.45) is 78.4. The number of carbonyl (C=O) groups is 1. The number of hydrogen-bond donors (Lipinski definition) is 2. The molecule has 456 valence electrons. The summed E-state index contributed by atoms with van der Waals surface area (Å²) in [7, 11) is 1.25. The van der Waals surface area contributed by atoms with Gasteiger partial charge in [-0.05, 0) is 44.9 Å². The Labute approximate surface area is 480 Å². The van der Waals surface area contributed by atoms with Crippen molar-refractivity contribution in [2.45, 2.75) is 353 Å². The largest absolute Gasteiger partial charge is 0.756 e. The Hall–Kier alpha value is -1.28. The molecular formula is C68H133N2O6P. The van der Waals surface area contributed by atoms with Gasteiger partial charge in [0.2, 0.25) is 5.91 Å². The minimum absolute atomic E-state index is 0.00716. The third kappa shape index (κ3) is 62.2. The topological polar surface area (TPSA) is 108 Å². The molecule has 3 unspecified atom stereocenters. The van der Waals surface area contributed by atoms with Crippen molar-refractivity contribution in [2.24, 2.45) is 0 Å². The number of quaternary nitrogens is 1. The van der Waals surface area contributed by atoms with Gasteiger partial charge in [-0.1, -0.05) is 326 Å². The summed E-state index contributed by atoms with van der Waals surface area (Å²) in [5.41, 5.74) is 0. The highest BCUT2D eigenvalue weighted by Gasteiger charge is 2.23. The summed E-state index contributed by atoms with van der Waals surface area (Å²) < 4.78 is 23.4. The third-order valence-electron chi connectivity index (χ3n) is 15.6. The Kier molecular flexibility index (Phi) is 58.4. The van der Waals surface area contributed by atoms with Crippen LogP contribution in [0, 0.1) is 0 Å². The van der Waals surface area contributed by atoms with Gasteiger partial charge in [0.15, 0.2) is 0 Å². The average Bonchev–Trinajstić information content (AvgIpc) is 3.39. The molecule has 0 aromatic heterocycles. The minimum atomic E-state index is -4.61. The number of allylic oxidation sites excluding steroid dienone is 5. The Balaban J connectivity index is 4.08. The Morgan fingerprint density at radius 2 is 0.727 bits per heavy atom. The van der Waals surface area contributed by atoms with E-state index in [2.05, 4.69) is 43.5 Å². The quantitative estimate of drug-likeness (QED) is 0.0272. The van der Waals surface area contributed by atoms with Gasteiger partial charge in [0.25, 0.3) is 7.82 Å². The summed E-state index contributed by atoms with van der Waals surface area (Å²) in [5, 5.41) is 13.9. The van der Waals surface area contributed by atoms with Gasteiger partial charge in [0, 0.05) is 6.42 Å². The van der Waals surface area contributed by atoms with Gasteiger partial charge in [-0.25, -0.2) is 0 Å². The number of likely N-dealkylation sites (N-methyl/N-ethyl adjacent to an activating group) is 1. The molecule has 0 fully saturated rings. The molecule has 0 radical (unpaired) electrons. The van der Waals surface area contributed by atoms with E-state index >= 15 is 0 Å². The third-order valence-corrected chi connectivity index (χ3v) is 16.5. The van der Waals surface area contributed by atoms with Crippen molar-refractivity contribution in [2.75, 3.05) is 40.9 Å². The van der Waals surface area contributed by atoms with E-state index in [-0.39, 0.29) is 12.5 Å². The molecule has 8 nitrogen and oxygen atoms in total. The second kappa shape index (κ2) is 59.3. The van der Waals surface area contributed by atoms with E-state index < -0.39 is 26.6 Å². The molecule has 3 atom stereocenters. The molecule has 0 bridgehead atoms. The van der Waals surface area contributed by atoms with Crippen molar-refractivity contribution in [1.29, 1.82) is 0 Å². The first-order valence-electron chi connectivity index (χ1n) is 33.9. The van der Waals surface area contributed by atoms with Crippen molar-refractivity contribution < 1.29 is 32.9 Å². The first-order valence-corrected chi connectivity index (χ1v) is 35.3. The lowest BCUT2D eigenvalue weighted by molar-refractivity contribution is -0.870. The highest BCUT2D eigenvalue weighted by molar-refractivity contribution is 7.45. The number of aliphatic hydroxyl groups excluding tert-OH is 1. The molecule has 0 spiro atoms. The summed E-state index contributed by atoms with van der Waals surface area (Å²) in [6.45, 7) is 4.67. The van der Waals surface area contributed by atoms with Gasteiger partial charge in [-0.3, -0.25) is 9.36 Å². The molecular weight excluding hydrogens is 972 g/mol. The van der Waals surface area contributed by atoms with Gasteiger partial charge in [0.1, 0.15) is 13.2 Å². The maximum absolute atomic E-state index is 13.0. The van der Waals surface area contributed by atoms with Gasteiger partial charge in [-0.2, -0.15) is 0 Å². The number of phosphoric acid groups is 1. The molecule has 0 aliphatic heterocycles. The smallest absolute Gasteiger partial charge is 0.268 e. The van der Waals surface area contributed by atoms with Crippen LogP contribution >= 0.6 is 7.82 Å². The van der Waals surface area contributed by atoms with Crippen LogP contribution in [0.5, 0.6) is 0 Å². The van der Waals surface area contributed by atoms with E-state index in [1.165, 1.54) is 276 Å². The first kappa shape index (κ1) is 75.7. The van der Waals surface area contributed by atoms with Crippen LogP contribution in [-0.2, 0) is 18.4 Å². The molecule has 0 heterocycles. The number of nitrogens with one attached hydrogen (secondary N) is 1. The monoisotopic (exact) mass is 1100 g/mol. The Bertz CT molecular complexity index is 1350. The fourth-order valence-electron chi connectivity index (χ4n) is 10.3. The molecule has 77 heavy (non-hydrogen) atoms. The molecule has 0 aliphatic rings. The number of aliphatic hydroxyl groups is 1. The second-order valence-electron chi connectivity index (χ2n) is 24.5. The molecule has 0 saturated carbocycles. The first-order chi connectivity index (χ1) is 37.5. The van der Waals surface area contributed by atoms with E-state index in [1.807, 2.05) is 27.2 Å². The van der Waals surface area contributed by atoms with Crippen molar-refractivity contribution in [1.82, 2.24) is 5.32 Å². The zero-order valence-corrected chi connectivity index (χ0v) is 53.1. The molecule has 0 aliphatic carbocycles. The van der Waals surface area contributed by atoms with Gasteiger partial charge in [-0.15, -0.1) is 0 Å². The van der Waals surface area contributed by atoms with E-state index in [0.29, 0.717) is 17.4 Å². The van der Waals surface area contributed by atoms with Crippen LogP contribution in [-0.4, -0.2) is 68.5 Å². The Morgan fingerprint density at radius 3 is 1.05 bits per heavy atom. The second-order valence-corrected chi connectivity index (χ2v) is 25.9. The van der Waals surface area contributed by atoms with E-state index in [0.717, 1.165) is 44.9 Å². The van der Waals surface area contributed by atoms with Crippen molar-refractivity contribution in [3.63, 3.8) is 0 Å². The van der Waals surface area contributed by atoms with Crippen LogP contribution in [0.1, 0.15) is 341 Å². The zero-order chi connectivity index (χ0) is 56.3. The van der Waals surface area contributed by atoms with Crippen LogP contribution in [0.25, 0.3) is 0 Å². The molecule has 0 saturated heterocycles. The maximum atomic E-state index is 13.0. The number of unbranched alkanes of at least 4 members (excludes halogenated alkanes) is 46. The fraction of sp³-hybridized carbons (Fsp3) is 0.897. The van der Waals surface area contributed by atoms with E-state index in [9.17, 15) is 19.4 Å². The number of phosphoric ester groups is 1. The van der Waals surface area contributed by atoms with Crippen LogP contribution in [0.15, 0.2) is 36.5 Å². The van der Waals surface area contributed by atoms with Crippen LogP contribution in [0.3, 0.4) is 0 Å². The van der Waals surface area contributed by atoms with Crippen molar-refractivity contribution in [3.8, 4) is 0 Å². The standard InChI is InChI=1S/C68H133N2O6P/c1-6-8-10-12-14-16-18-20-22-24-26-28-30-31-32-33-34-35-36-37-38-40-42-44-46-48-50-52-54-56-58-60-62-68(72)69-66(65-76-77(73,74)75-64-63-70(3,4)5)67(71)61-59-57-55-53-51-49-47-45-43-41-39-29-27-25-23-21-19-17-15-13-11-9-7-2/h43,45,51,53,59,61,66-67,71H,6-42,44,46-50,52,54-58,60,62-65H2,1-5H3,(H-,69,72,73,74)/b45-43+,53-51+,61-59+. The van der Waals surface area contributed by atoms with Crippen LogP contribution < -0.4 is 10.2 Å². The van der Waals surface area contributed by atoms with Crippen LogP contribution in [0.4, 0.5) is 0 Å². The van der Waals surface area contributed by atoms with Crippen molar-refractivity contribution >= 4 is 13.7 Å². The number of rotatable bonds is 63. The predicted molar refractivity (Wildman–Crippen MR) is 335 cm³/mol. The average molecular weight is 1110 g/mol. The zero-order valence-electron chi connectivity index (χ0n) is 52.2. The van der Waals surface area contributed by atoms with Crippen LogP contribution in [0.2, 0.25) is 0 Å². The highest BCUT2D eigenvalue weighted by atomic mass is 31.2. The number of carbonyl (C=O) groups excluding carboxylic acids is 1. The lowest BCUT2D eigenvalue weighted by Gasteiger charge is -2.29. The molecule has 9 heteroatoms. The van der Waals surface area contributed by atoms with Gasteiger partial charge in [0.05, 0.1) is 39.9 Å². The normalized spacial score (nSPS) is 13.9. The summed E-state index contributed by atoms with van der Waals surface area (Å²) in [5.74, 6) is -0.204. The lowest BCUT2D eigenvalue weighted by atomic mass is 10.0. The molecule has 0 rings (SSSR count). The molecule has 0 aromatic carbocycles. The summed E-state index contributed by atoms with van der Waals surface area (Å²) >= 11 is 0. The minimum Gasteiger partial charge on any atom is -0.756 e. The summed E-state index contributed by atoms with van der Waals surface area (Å²) in [4.78, 5) is 25.6. The van der Waals surface area contributed by atoms with Gasteiger partial charge < -0.3 is 28.8 Å². The number of hydrogen-bond acceptors (Lipinski definition) is 6. The Morgan fingerprint density at radius 1 is 0.442 bits per heavy atom. The maximum Gasteiger partial charge on any atom is 0.268 e. The molecule has 2 N–H and O–H groups in total. The van der Waals surface area contributed by atoms with E-state index in [1.54, 1.807) is 6.08 Å². The summed E-state index contributed by atoms with van der Waals surface area (Å²) in [6, 6.07) is -0.909. The predicted octanol–water partition coefficient (Wildman–Crippen LogP) is 20.6. The number of nitrogens with zero attached hydrogens (tertiary/aromatic N) is 1. The fourth-order valence-corrected chi connectivity index (χ4v) is 11.0. The van der Waals surface area contributed by atoms with Crippen molar-refractivity contribution in [3.05, 3.63) is 36.5 Å². The lowest BCUT2D eigenvalue weighted by Crippen LogP contribution is -2.45. The molecule has 0 aromatic rings. The number of amides is 1.